The summed E-state index contributed by atoms with van der Waals surface area (Å²) in [6, 6.07) is 6.19. The van der Waals surface area contributed by atoms with E-state index < -0.39 is 0 Å². The first-order valence-electron chi connectivity index (χ1n) is 7.86. The van der Waals surface area contributed by atoms with Gasteiger partial charge < -0.3 is 15.1 Å². The number of aromatic nitrogens is 4. The van der Waals surface area contributed by atoms with E-state index in [1.54, 1.807) is 18.3 Å². The SMILES string of the molecule is CN1CCN(c2nc(Nc3ccc(F)cc3)c3cn[nH]c3n2)CC1. The van der Waals surface area contributed by atoms with E-state index >= 15 is 0 Å². The number of rotatable bonds is 3. The second-order valence-corrected chi connectivity index (χ2v) is 5.93. The average molecular weight is 327 g/mol. The van der Waals surface area contributed by atoms with E-state index in [1.807, 2.05) is 0 Å². The highest BCUT2D eigenvalue weighted by atomic mass is 19.1. The normalized spacial score (nSPS) is 15.8. The summed E-state index contributed by atoms with van der Waals surface area (Å²) in [5.41, 5.74) is 1.45. The fourth-order valence-electron chi connectivity index (χ4n) is 2.74. The van der Waals surface area contributed by atoms with Gasteiger partial charge >= 0.3 is 0 Å². The highest BCUT2D eigenvalue weighted by Crippen LogP contribution is 2.25. The first-order chi connectivity index (χ1) is 11.7. The standard InChI is InChI=1S/C16H18FN7/c1-23-6-8-24(9-7-23)16-20-14(13-10-18-22-15(13)21-16)19-12-4-2-11(17)3-5-12/h2-5,10H,6-9H2,1H3,(H2,18,19,20,21,22). The average Bonchev–Trinajstić information content (AvgIpc) is 3.06. The zero-order valence-electron chi connectivity index (χ0n) is 13.3. The van der Waals surface area contributed by atoms with E-state index in [2.05, 4.69) is 42.3 Å². The second-order valence-electron chi connectivity index (χ2n) is 5.93. The number of likely N-dealkylation sites (N-methyl/N-ethyl adjacent to an activating group) is 1. The number of piperazine rings is 1. The first-order valence-corrected chi connectivity index (χ1v) is 7.86. The number of halogens is 1. The minimum absolute atomic E-state index is 0.269. The van der Waals surface area contributed by atoms with E-state index in [9.17, 15) is 4.39 Å². The predicted molar refractivity (Wildman–Crippen MR) is 91.1 cm³/mol. The molecule has 1 saturated heterocycles. The van der Waals surface area contributed by atoms with Crippen molar-refractivity contribution in [1.82, 2.24) is 25.1 Å². The molecule has 1 aliphatic rings. The van der Waals surface area contributed by atoms with Crippen molar-refractivity contribution in [2.75, 3.05) is 43.4 Å². The molecule has 0 saturated carbocycles. The lowest BCUT2D eigenvalue weighted by atomic mass is 10.3. The zero-order chi connectivity index (χ0) is 16.5. The van der Waals surface area contributed by atoms with Crippen LogP contribution in [0, 0.1) is 5.82 Å². The van der Waals surface area contributed by atoms with E-state index in [1.165, 1.54) is 12.1 Å². The molecule has 1 aromatic carbocycles. The Morgan fingerprint density at radius 2 is 1.83 bits per heavy atom. The van der Waals surface area contributed by atoms with Gasteiger partial charge in [0, 0.05) is 31.9 Å². The van der Waals surface area contributed by atoms with Crippen molar-refractivity contribution in [1.29, 1.82) is 0 Å². The largest absolute Gasteiger partial charge is 0.339 e. The van der Waals surface area contributed by atoms with Crippen LogP contribution < -0.4 is 10.2 Å². The van der Waals surface area contributed by atoms with Gasteiger partial charge in [-0.3, -0.25) is 5.10 Å². The Labute approximate surface area is 138 Å². The number of nitrogens with one attached hydrogen (secondary N) is 2. The monoisotopic (exact) mass is 327 g/mol. The Balaban J connectivity index is 1.68. The molecular formula is C16H18FN7. The lowest BCUT2D eigenvalue weighted by molar-refractivity contribution is 0.311. The lowest BCUT2D eigenvalue weighted by Crippen LogP contribution is -2.45. The van der Waals surface area contributed by atoms with Crippen molar-refractivity contribution in [3.63, 3.8) is 0 Å². The van der Waals surface area contributed by atoms with Crippen molar-refractivity contribution in [3.8, 4) is 0 Å². The van der Waals surface area contributed by atoms with Crippen molar-refractivity contribution < 1.29 is 4.39 Å². The molecule has 0 atom stereocenters. The van der Waals surface area contributed by atoms with E-state index in [0.29, 0.717) is 17.4 Å². The summed E-state index contributed by atoms with van der Waals surface area (Å²) in [7, 11) is 2.11. The number of aromatic amines is 1. The molecule has 2 N–H and O–H groups in total. The number of hydrogen-bond donors (Lipinski definition) is 2. The topological polar surface area (TPSA) is 73.0 Å². The van der Waals surface area contributed by atoms with Crippen LogP contribution >= 0.6 is 0 Å². The third-order valence-corrected chi connectivity index (χ3v) is 4.19. The molecule has 7 nitrogen and oxygen atoms in total. The Morgan fingerprint density at radius 1 is 1.08 bits per heavy atom. The third kappa shape index (κ3) is 2.88. The molecule has 24 heavy (non-hydrogen) atoms. The van der Waals surface area contributed by atoms with Crippen LogP contribution in [-0.2, 0) is 0 Å². The maximum Gasteiger partial charge on any atom is 0.229 e. The van der Waals surface area contributed by atoms with Crippen LogP contribution in [0.2, 0.25) is 0 Å². The number of benzene rings is 1. The maximum absolute atomic E-state index is 13.1. The summed E-state index contributed by atoms with van der Waals surface area (Å²) in [5.74, 6) is 1.06. The zero-order valence-corrected chi connectivity index (χ0v) is 13.3. The van der Waals surface area contributed by atoms with Crippen LogP contribution in [0.1, 0.15) is 0 Å². The van der Waals surface area contributed by atoms with Crippen LogP contribution in [0.25, 0.3) is 11.0 Å². The van der Waals surface area contributed by atoms with Crippen molar-refractivity contribution in [3.05, 3.63) is 36.3 Å². The van der Waals surface area contributed by atoms with Gasteiger partial charge in [0.05, 0.1) is 11.6 Å². The molecule has 124 valence electrons. The summed E-state index contributed by atoms with van der Waals surface area (Å²) >= 11 is 0. The predicted octanol–water partition coefficient (Wildman–Crippen LogP) is 1.99. The summed E-state index contributed by atoms with van der Waals surface area (Å²) in [5, 5.41) is 11.0. The molecule has 0 aliphatic carbocycles. The second kappa shape index (κ2) is 6.04. The molecular weight excluding hydrogens is 309 g/mol. The molecule has 1 fully saturated rings. The van der Waals surface area contributed by atoms with Crippen molar-refractivity contribution in [2.45, 2.75) is 0 Å². The molecule has 1 aliphatic heterocycles. The minimum Gasteiger partial charge on any atom is -0.339 e. The molecule has 0 spiro atoms. The minimum atomic E-state index is -0.269. The highest BCUT2D eigenvalue weighted by molar-refractivity contribution is 5.89. The van der Waals surface area contributed by atoms with Gasteiger partial charge in [-0.2, -0.15) is 15.1 Å². The van der Waals surface area contributed by atoms with Gasteiger partial charge in [0.25, 0.3) is 0 Å². The van der Waals surface area contributed by atoms with Gasteiger partial charge in [-0.05, 0) is 31.3 Å². The Hall–Kier alpha value is -2.74. The van der Waals surface area contributed by atoms with Crippen LogP contribution in [0.3, 0.4) is 0 Å². The molecule has 3 aromatic rings. The molecule has 0 unspecified atom stereocenters. The van der Waals surface area contributed by atoms with Gasteiger partial charge in [0.15, 0.2) is 5.65 Å². The smallest absolute Gasteiger partial charge is 0.229 e. The lowest BCUT2D eigenvalue weighted by Gasteiger charge is -2.32. The maximum atomic E-state index is 13.1. The summed E-state index contributed by atoms with van der Waals surface area (Å²) in [4.78, 5) is 13.7. The van der Waals surface area contributed by atoms with Crippen LogP contribution in [0.5, 0.6) is 0 Å². The molecule has 0 amide bonds. The van der Waals surface area contributed by atoms with Gasteiger partial charge in [0.2, 0.25) is 5.95 Å². The summed E-state index contributed by atoms with van der Waals surface area (Å²) < 4.78 is 13.1. The molecule has 4 rings (SSSR count). The molecule has 0 radical (unpaired) electrons. The Morgan fingerprint density at radius 3 is 2.58 bits per heavy atom. The molecule has 3 heterocycles. The first kappa shape index (κ1) is 14.8. The van der Waals surface area contributed by atoms with Crippen molar-refractivity contribution in [2.24, 2.45) is 0 Å². The van der Waals surface area contributed by atoms with Gasteiger partial charge in [0.1, 0.15) is 11.6 Å². The van der Waals surface area contributed by atoms with E-state index in [4.69, 9.17) is 0 Å². The summed E-state index contributed by atoms with van der Waals surface area (Å²) in [6.07, 6.45) is 1.69. The van der Waals surface area contributed by atoms with Crippen LogP contribution in [0.15, 0.2) is 30.5 Å². The fourth-order valence-corrected chi connectivity index (χ4v) is 2.74. The number of hydrogen-bond acceptors (Lipinski definition) is 6. The fraction of sp³-hybridized carbons (Fsp3) is 0.312. The van der Waals surface area contributed by atoms with E-state index in [-0.39, 0.29) is 5.82 Å². The number of H-pyrrole nitrogens is 1. The van der Waals surface area contributed by atoms with Crippen molar-refractivity contribution >= 4 is 28.5 Å². The third-order valence-electron chi connectivity index (χ3n) is 4.19. The van der Waals surface area contributed by atoms with Gasteiger partial charge in [-0.25, -0.2) is 4.39 Å². The molecule has 8 heteroatoms. The molecule has 0 bridgehead atoms. The number of fused-ring (bicyclic) bond motifs is 1. The van der Waals surface area contributed by atoms with Gasteiger partial charge in [-0.15, -0.1) is 0 Å². The highest BCUT2D eigenvalue weighted by Gasteiger charge is 2.19. The van der Waals surface area contributed by atoms with Gasteiger partial charge in [-0.1, -0.05) is 0 Å². The summed E-state index contributed by atoms with van der Waals surface area (Å²) in [6.45, 7) is 3.72. The Bertz CT molecular complexity index is 837. The Kier molecular flexibility index (Phi) is 3.73. The van der Waals surface area contributed by atoms with Crippen LogP contribution in [-0.4, -0.2) is 58.3 Å². The van der Waals surface area contributed by atoms with E-state index in [0.717, 1.165) is 37.3 Å². The number of nitrogens with zero attached hydrogens (tertiary/aromatic N) is 5. The quantitative estimate of drug-likeness (QED) is 0.766. The number of anilines is 3. The van der Waals surface area contributed by atoms with Crippen LogP contribution in [0.4, 0.5) is 21.8 Å². The molecule has 2 aromatic heterocycles.